The van der Waals surface area contributed by atoms with E-state index in [4.69, 9.17) is 16.3 Å². The van der Waals surface area contributed by atoms with E-state index >= 15 is 0 Å². The molecule has 1 saturated heterocycles. The molecular formula is C24H27ClF3N5O3. The van der Waals surface area contributed by atoms with Crippen LogP contribution in [0.4, 0.5) is 19.0 Å². The number of alkyl halides is 2. The van der Waals surface area contributed by atoms with E-state index in [1.165, 1.54) is 26.2 Å². The molecule has 0 aliphatic carbocycles. The number of rotatable bonds is 6. The number of carbonyl (C=O) groups is 2. The summed E-state index contributed by atoms with van der Waals surface area (Å²) < 4.78 is 46.7. The molecule has 0 saturated carbocycles. The molecule has 2 amide bonds. The summed E-state index contributed by atoms with van der Waals surface area (Å²) in [5, 5.41) is 2.99. The molecule has 4 rings (SSSR count). The fourth-order valence-electron chi connectivity index (χ4n) is 4.82. The maximum absolute atomic E-state index is 14.7. The van der Waals surface area contributed by atoms with E-state index in [-0.39, 0.29) is 35.8 Å². The summed E-state index contributed by atoms with van der Waals surface area (Å²) in [4.78, 5) is 37.0. The van der Waals surface area contributed by atoms with Crippen LogP contribution in [0, 0.1) is 5.82 Å². The Morgan fingerprint density at radius 1 is 1.14 bits per heavy atom. The number of ether oxygens (including phenoxy) is 1. The number of halogens is 4. The van der Waals surface area contributed by atoms with E-state index in [1.807, 2.05) is 0 Å². The molecule has 1 aromatic heterocycles. The SMILES string of the molecule is COC1(C(=O)N2Cc3nc(Cl)nc(N[C@H](C)c4cccc(C(F)F)c4F)c3C2)CCN(C(C)=O)CC1. The molecule has 36 heavy (non-hydrogen) atoms. The van der Waals surface area contributed by atoms with E-state index in [0.717, 1.165) is 6.07 Å². The van der Waals surface area contributed by atoms with E-state index < -0.39 is 29.4 Å². The highest BCUT2D eigenvalue weighted by Gasteiger charge is 2.46. The molecule has 1 aromatic carbocycles. The first kappa shape index (κ1) is 26.2. The van der Waals surface area contributed by atoms with Gasteiger partial charge in [-0.05, 0) is 18.5 Å². The number of aromatic nitrogens is 2. The molecule has 3 heterocycles. The number of nitrogens with one attached hydrogen (secondary N) is 1. The molecule has 0 bridgehead atoms. The van der Waals surface area contributed by atoms with Crippen molar-refractivity contribution in [3.63, 3.8) is 0 Å². The predicted octanol–water partition coefficient (Wildman–Crippen LogP) is 4.25. The van der Waals surface area contributed by atoms with E-state index in [9.17, 15) is 22.8 Å². The Morgan fingerprint density at radius 3 is 2.42 bits per heavy atom. The Bertz CT molecular complexity index is 1170. The number of methoxy groups -OCH3 is 1. The first-order valence-corrected chi connectivity index (χ1v) is 11.9. The van der Waals surface area contributed by atoms with Crippen LogP contribution < -0.4 is 5.32 Å². The molecule has 194 valence electrons. The summed E-state index contributed by atoms with van der Waals surface area (Å²) in [6, 6.07) is 3.13. The quantitative estimate of drug-likeness (QED) is 0.567. The van der Waals surface area contributed by atoms with Crippen molar-refractivity contribution in [2.24, 2.45) is 0 Å². The third-order valence-corrected chi connectivity index (χ3v) is 7.12. The Balaban J connectivity index is 1.55. The van der Waals surface area contributed by atoms with Crippen molar-refractivity contribution in [1.29, 1.82) is 0 Å². The van der Waals surface area contributed by atoms with Gasteiger partial charge < -0.3 is 19.9 Å². The highest BCUT2D eigenvalue weighted by atomic mass is 35.5. The van der Waals surface area contributed by atoms with Gasteiger partial charge in [-0.1, -0.05) is 18.2 Å². The number of anilines is 1. The lowest BCUT2D eigenvalue weighted by atomic mass is 9.89. The molecule has 0 spiro atoms. The fourth-order valence-corrected chi connectivity index (χ4v) is 5.00. The summed E-state index contributed by atoms with van der Waals surface area (Å²) in [7, 11) is 1.48. The van der Waals surface area contributed by atoms with Crippen LogP contribution in [-0.4, -0.2) is 57.4 Å². The van der Waals surface area contributed by atoms with Crippen LogP contribution in [0.5, 0.6) is 0 Å². The first-order valence-electron chi connectivity index (χ1n) is 11.5. The number of likely N-dealkylation sites (tertiary alicyclic amines) is 1. The second-order valence-corrected chi connectivity index (χ2v) is 9.39. The van der Waals surface area contributed by atoms with Gasteiger partial charge in [0.1, 0.15) is 17.2 Å². The summed E-state index contributed by atoms with van der Waals surface area (Å²) in [5.41, 5.74) is -0.544. The zero-order valence-electron chi connectivity index (χ0n) is 20.2. The van der Waals surface area contributed by atoms with Gasteiger partial charge in [0.15, 0.2) is 0 Å². The predicted molar refractivity (Wildman–Crippen MR) is 126 cm³/mol. The van der Waals surface area contributed by atoms with Gasteiger partial charge in [0, 0.05) is 51.1 Å². The smallest absolute Gasteiger partial charge is 0.266 e. The monoisotopic (exact) mass is 525 g/mol. The molecule has 2 aromatic rings. The molecule has 1 atom stereocenters. The van der Waals surface area contributed by atoms with E-state index in [2.05, 4.69) is 15.3 Å². The zero-order valence-corrected chi connectivity index (χ0v) is 20.9. The molecule has 0 unspecified atom stereocenters. The number of hydrogen-bond acceptors (Lipinski definition) is 6. The van der Waals surface area contributed by atoms with Crippen molar-refractivity contribution in [3.8, 4) is 0 Å². The topological polar surface area (TPSA) is 87.7 Å². The lowest BCUT2D eigenvalue weighted by Crippen LogP contribution is -2.55. The van der Waals surface area contributed by atoms with Crippen LogP contribution in [0.1, 0.15) is 61.5 Å². The second kappa shape index (κ2) is 10.2. The molecule has 8 nitrogen and oxygen atoms in total. The summed E-state index contributed by atoms with van der Waals surface area (Å²) >= 11 is 6.13. The van der Waals surface area contributed by atoms with Crippen LogP contribution in [0.25, 0.3) is 0 Å². The normalized spacial score (nSPS) is 17.8. The molecule has 12 heteroatoms. The first-order chi connectivity index (χ1) is 17.1. The third kappa shape index (κ3) is 4.86. The van der Waals surface area contributed by atoms with Gasteiger partial charge in [0.2, 0.25) is 11.2 Å². The average molecular weight is 526 g/mol. The minimum absolute atomic E-state index is 0.0500. The van der Waals surface area contributed by atoms with Crippen molar-refractivity contribution >= 4 is 29.2 Å². The second-order valence-electron chi connectivity index (χ2n) is 9.05. The maximum atomic E-state index is 14.7. The number of fused-ring (bicyclic) bond motifs is 1. The van der Waals surface area contributed by atoms with Crippen LogP contribution in [0.15, 0.2) is 18.2 Å². The van der Waals surface area contributed by atoms with Gasteiger partial charge in [-0.25, -0.2) is 23.1 Å². The fraction of sp³-hybridized carbons (Fsp3) is 0.500. The average Bonchev–Trinajstić information content (AvgIpc) is 3.27. The molecule has 0 radical (unpaired) electrons. The third-order valence-electron chi connectivity index (χ3n) is 6.95. The van der Waals surface area contributed by atoms with Crippen LogP contribution >= 0.6 is 11.6 Å². The number of amides is 2. The lowest BCUT2D eigenvalue weighted by molar-refractivity contribution is -0.163. The number of piperidine rings is 1. The minimum atomic E-state index is -2.94. The number of hydrogen-bond donors (Lipinski definition) is 1. The van der Waals surface area contributed by atoms with Crippen LogP contribution in [0.2, 0.25) is 5.28 Å². The standard InChI is InChI=1S/C24H27ClF3N5O3/c1-13(15-5-4-6-16(19(15)26)20(27)28)29-21-17-11-33(12-18(17)30-23(25)31-21)22(35)24(36-3)7-9-32(10-8-24)14(2)34/h4-6,13,20H,7-12H2,1-3H3,(H,29,30,31)/t13-/m1/s1. The molecule has 1 N–H and O–H groups in total. The van der Waals surface area contributed by atoms with Gasteiger partial charge in [-0.3, -0.25) is 9.59 Å². The minimum Gasteiger partial charge on any atom is -0.368 e. The van der Waals surface area contributed by atoms with Crippen LogP contribution in [0.3, 0.4) is 0 Å². The number of carbonyl (C=O) groups excluding carboxylic acids is 2. The van der Waals surface area contributed by atoms with Crippen molar-refractivity contribution in [1.82, 2.24) is 19.8 Å². The van der Waals surface area contributed by atoms with Crippen LogP contribution in [-0.2, 0) is 27.4 Å². The Hall–Kier alpha value is -2.92. The van der Waals surface area contributed by atoms with Gasteiger partial charge in [0.25, 0.3) is 12.3 Å². The van der Waals surface area contributed by atoms with Gasteiger partial charge in [-0.2, -0.15) is 0 Å². The maximum Gasteiger partial charge on any atom is 0.266 e. The lowest BCUT2D eigenvalue weighted by Gasteiger charge is -2.41. The molecule has 2 aliphatic rings. The highest BCUT2D eigenvalue weighted by Crippen LogP contribution is 2.36. The molecule has 1 fully saturated rings. The summed E-state index contributed by atoms with van der Waals surface area (Å²) in [6.07, 6.45) is -2.21. The Morgan fingerprint density at radius 2 is 1.81 bits per heavy atom. The van der Waals surface area contributed by atoms with Crippen molar-refractivity contribution in [2.75, 3.05) is 25.5 Å². The van der Waals surface area contributed by atoms with Crippen molar-refractivity contribution in [3.05, 3.63) is 51.7 Å². The Labute approximate surface area is 211 Å². The van der Waals surface area contributed by atoms with Gasteiger partial charge in [0.05, 0.1) is 30.4 Å². The Kier molecular flexibility index (Phi) is 7.42. The molecular weight excluding hydrogens is 499 g/mol. The van der Waals surface area contributed by atoms with Crippen molar-refractivity contribution in [2.45, 2.75) is 57.8 Å². The van der Waals surface area contributed by atoms with Gasteiger partial charge in [-0.15, -0.1) is 0 Å². The zero-order chi connectivity index (χ0) is 26.2. The van der Waals surface area contributed by atoms with Crippen molar-refractivity contribution < 1.29 is 27.5 Å². The molecule has 2 aliphatic heterocycles. The van der Waals surface area contributed by atoms with Gasteiger partial charge >= 0.3 is 0 Å². The number of benzene rings is 1. The number of nitrogens with zero attached hydrogens (tertiary/aromatic N) is 4. The highest BCUT2D eigenvalue weighted by molar-refractivity contribution is 6.28. The summed E-state index contributed by atoms with van der Waals surface area (Å²) in [5.74, 6) is -0.962. The summed E-state index contributed by atoms with van der Waals surface area (Å²) in [6.45, 7) is 4.28. The largest absolute Gasteiger partial charge is 0.368 e. The van der Waals surface area contributed by atoms with E-state index in [1.54, 1.807) is 16.7 Å². The van der Waals surface area contributed by atoms with E-state index in [0.29, 0.717) is 43.0 Å².